The highest BCUT2D eigenvalue weighted by Gasteiger charge is 2.44. The minimum Gasteiger partial charge on any atom is -0.467 e. The summed E-state index contributed by atoms with van der Waals surface area (Å²) in [6.45, 7) is 1.82. The van der Waals surface area contributed by atoms with Crippen molar-refractivity contribution < 1.29 is 14.3 Å². The van der Waals surface area contributed by atoms with E-state index < -0.39 is 5.54 Å². The van der Waals surface area contributed by atoms with Gasteiger partial charge in [0, 0.05) is 31.0 Å². The van der Waals surface area contributed by atoms with Crippen LogP contribution < -0.4 is 5.32 Å². The van der Waals surface area contributed by atoms with E-state index in [2.05, 4.69) is 5.32 Å². The van der Waals surface area contributed by atoms with E-state index in [9.17, 15) is 9.59 Å². The Morgan fingerprint density at radius 1 is 1.30 bits per heavy atom. The van der Waals surface area contributed by atoms with Crippen LogP contribution in [0.4, 0.5) is 0 Å². The molecular formula is C16H19NO3. The number of ether oxygens (including phenoxy) is 1. The number of benzene rings is 1. The number of esters is 1. The van der Waals surface area contributed by atoms with Crippen molar-refractivity contribution in [1.29, 1.82) is 0 Å². The third kappa shape index (κ3) is 2.74. The minimum atomic E-state index is -0.865. The maximum atomic E-state index is 12.2. The number of hydrogen-bond acceptors (Lipinski definition) is 4. The SMILES string of the molecule is CCC(=O)C1=CNC(Cc2ccccc2)(C(=O)OC)C1. The summed E-state index contributed by atoms with van der Waals surface area (Å²) in [6, 6.07) is 9.72. The van der Waals surface area contributed by atoms with Gasteiger partial charge in [0.2, 0.25) is 0 Å². The van der Waals surface area contributed by atoms with Gasteiger partial charge in [0.05, 0.1) is 7.11 Å². The van der Waals surface area contributed by atoms with Gasteiger partial charge in [0.1, 0.15) is 5.54 Å². The van der Waals surface area contributed by atoms with E-state index in [1.54, 1.807) is 6.20 Å². The first-order valence-electron chi connectivity index (χ1n) is 6.73. The van der Waals surface area contributed by atoms with Crippen LogP contribution >= 0.6 is 0 Å². The Balaban J connectivity index is 2.22. The van der Waals surface area contributed by atoms with Gasteiger partial charge in [-0.3, -0.25) is 4.79 Å². The molecule has 1 aliphatic rings. The van der Waals surface area contributed by atoms with E-state index in [-0.39, 0.29) is 11.8 Å². The summed E-state index contributed by atoms with van der Waals surface area (Å²) >= 11 is 0. The lowest BCUT2D eigenvalue weighted by Crippen LogP contribution is -2.49. The summed E-state index contributed by atoms with van der Waals surface area (Å²) in [5.41, 5.74) is 0.828. The topological polar surface area (TPSA) is 55.4 Å². The molecule has 1 aromatic rings. The third-order valence-electron chi connectivity index (χ3n) is 3.62. The van der Waals surface area contributed by atoms with Gasteiger partial charge < -0.3 is 10.1 Å². The molecule has 0 radical (unpaired) electrons. The van der Waals surface area contributed by atoms with Crippen molar-refractivity contribution in [1.82, 2.24) is 5.32 Å². The molecule has 1 aliphatic heterocycles. The highest BCUT2D eigenvalue weighted by atomic mass is 16.5. The van der Waals surface area contributed by atoms with Gasteiger partial charge in [-0.25, -0.2) is 4.79 Å². The van der Waals surface area contributed by atoms with Crippen molar-refractivity contribution in [3.63, 3.8) is 0 Å². The molecule has 0 amide bonds. The Bertz CT molecular complexity index is 536. The molecule has 0 saturated carbocycles. The fourth-order valence-corrected chi connectivity index (χ4v) is 2.52. The zero-order valence-electron chi connectivity index (χ0n) is 11.8. The van der Waals surface area contributed by atoms with Crippen LogP contribution in [-0.4, -0.2) is 24.4 Å². The van der Waals surface area contributed by atoms with Gasteiger partial charge in [0.25, 0.3) is 0 Å². The highest BCUT2D eigenvalue weighted by molar-refractivity contribution is 5.98. The van der Waals surface area contributed by atoms with Crippen molar-refractivity contribution in [2.24, 2.45) is 0 Å². The molecule has 2 rings (SSSR count). The number of nitrogens with one attached hydrogen (secondary N) is 1. The largest absolute Gasteiger partial charge is 0.467 e. The molecule has 0 aromatic heterocycles. The maximum absolute atomic E-state index is 12.2. The van der Waals surface area contributed by atoms with Gasteiger partial charge >= 0.3 is 5.97 Å². The molecule has 1 atom stereocenters. The number of ketones is 1. The van der Waals surface area contributed by atoms with Crippen molar-refractivity contribution in [2.45, 2.75) is 31.7 Å². The number of hydrogen-bond donors (Lipinski definition) is 1. The standard InChI is InChI=1S/C16H19NO3/c1-3-14(18)13-10-16(17-11-13,15(19)20-2)9-12-7-5-4-6-8-12/h4-8,11,17H,3,9-10H2,1-2H3. The number of methoxy groups -OCH3 is 1. The lowest BCUT2D eigenvalue weighted by atomic mass is 9.86. The zero-order valence-corrected chi connectivity index (χ0v) is 11.8. The molecule has 0 aliphatic carbocycles. The first kappa shape index (κ1) is 14.3. The normalized spacial score (nSPS) is 21.0. The Hall–Kier alpha value is -2.10. The number of carbonyl (C=O) groups is 2. The molecule has 0 spiro atoms. The Morgan fingerprint density at radius 2 is 2.00 bits per heavy atom. The van der Waals surface area contributed by atoms with Crippen LogP contribution in [0.15, 0.2) is 42.1 Å². The number of carbonyl (C=O) groups excluding carboxylic acids is 2. The minimum absolute atomic E-state index is 0.0661. The number of Topliss-reactive ketones (excluding diaryl/α,β-unsaturated/α-hetero) is 1. The van der Waals surface area contributed by atoms with Crippen LogP contribution in [0.25, 0.3) is 0 Å². The lowest BCUT2D eigenvalue weighted by Gasteiger charge is -2.27. The molecule has 106 valence electrons. The molecule has 1 unspecified atom stereocenters. The van der Waals surface area contributed by atoms with Crippen molar-refractivity contribution in [3.8, 4) is 0 Å². The third-order valence-corrected chi connectivity index (χ3v) is 3.62. The number of rotatable bonds is 5. The second-order valence-corrected chi connectivity index (χ2v) is 5.00. The van der Waals surface area contributed by atoms with E-state index in [4.69, 9.17) is 4.74 Å². The van der Waals surface area contributed by atoms with Crippen molar-refractivity contribution in [2.75, 3.05) is 7.11 Å². The predicted octanol–water partition coefficient (Wildman–Crippen LogP) is 2.00. The summed E-state index contributed by atoms with van der Waals surface area (Å²) in [5, 5.41) is 3.08. The average molecular weight is 273 g/mol. The van der Waals surface area contributed by atoms with E-state index in [1.807, 2.05) is 37.3 Å². The predicted molar refractivity (Wildman–Crippen MR) is 76.0 cm³/mol. The molecule has 20 heavy (non-hydrogen) atoms. The summed E-state index contributed by atoms with van der Waals surface area (Å²) in [7, 11) is 1.37. The first-order chi connectivity index (χ1) is 9.61. The quantitative estimate of drug-likeness (QED) is 0.834. The van der Waals surface area contributed by atoms with Gasteiger partial charge in [-0.1, -0.05) is 37.3 Å². The molecule has 0 fully saturated rings. The van der Waals surface area contributed by atoms with Crippen LogP contribution in [0.5, 0.6) is 0 Å². The summed E-state index contributed by atoms with van der Waals surface area (Å²) in [6.07, 6.45) is 2.97. The van der Waals surface area contributed by atoms with Gasteiger partial charge in [0.15, 0.2) is 5.78 Å². The second kappa shape index (κ2) is 5.90. The van der Waals surface area contributed by atoms with Crippen LogP contribution in [0.3, 0.4) is 0 Å². The second-order valence-electron chi connectivity index (χ2n) is 5.00. The van der Waals surface area contributed by atoms with E-state index in [0.29, 0.717) is 24.8 Å². The fourth-order valence-electron chi connectivity index (χ4n) is 2.52. The summed E-state index contributed by atoms with van der Waals surface area (Å²) < 4.78 is 4.93. The van der Waals surface area contributed by atoms with Crippen LogP contribution in [0.1, 0.15) is 25.3 Å². The molecule has 0 saturated heterocycles. The summed E-state index contributed by atoms with van der Waals surface area (Å²) in [5.74, 6) is -0.271. The smallest absolute Gasteiger partial charge is 0.332 e. The van der Waals surface area contributed by atoms with Crippen LogP contribution in [-0.2, 0) is 20.7 Å². The highest BCUT2D eigenvalue weighted by Crippen LogP contribution is 2.29. The van der Waals surface area contributed by atoms with E-state index >= 15 is 0 Å². The maximum Gasteiger partial charge on any atom is 0.332 e. The van der Waals surface area contributed by atoms with Gasteiger partial charge in [-0.2, -0.15) is 0 Å². The van der Waals surface area contributed by atoms with Gasteiger partial charge in [-0.05, 0) is 5.56 Å². The van der Waals surface area contributed by atoms with Crippen molar-refractivity contribution >= 4 is 11.8 Å². The average Bonchev–Trinajstić information content (AvgIpc) is 2.92. The molecule has 1 N–H and O–H groups in total. The van der Waals surface area contributed by atoms with Gasteiger partial charge in [-0.15, -0.1) is 0 Å². The zero-order chi connectivity index (χ0) is 14.6. The van der Waals surface area contributed by atoms with Crippen LogP contribution in [0, 0.1) is 0 Å². The van der Waals surface area contributed by atoms with Crippen molar-refractivity contribution in [3.05, 3.63) is 47.7 Å². The molecule has 4 nitrogen and oxygen atoms in total. The molecule has 1 aromatic carbocycles. The van der Waals surface area contributed by atoms with Crippen LogP contribution in [0.2, 0.25) is 0 Å². The molecule has 1 heterocycles. The fraction of sp³-hybridized carbons (Fsp3) is 0.375. The monoisotopic (exact) mass is 273 g/mol. The first-order valence-corrected chi connectivity index (χ1v) is 6.73. The summed E-state index contributed by atoms with van der Waals surface area (Å²) in [4.78, 5) is 24.0. The Morgan fingerprint density at radius 3 is 2.60 bits per heavy atom. The van der Waals surface area contributed by atoms with E-state index in [1.165, 1.54) is 7.11 Å². The molecule has 4 heteroatoms. The Labute approximate surface area is 118 Å². The lowest BCUT2D eigenvalue weighted by molar-refractivity contribution is -0.147. The van der Waals surface area contributed by atoms with E-state index in [0.717, 1.165) is 5.56 Å². The molecular weight excluding hydrogens is 254 g/mol. The Kier molecular flexibility index (Phi) is 4.23. The molecule has 0 bridgehead atoms.